The zero-order chi connectivity index (χ0) is 22.3. The molecule has 0 aliphatic carbocycles. The number of nitrogens with zero attached hydrogens (tertiary/aromatic N) is 4. The highest BCUT2D eigenvalue weighted by molar-refractivity contribution is 7.89. The zero-order valence-electron chi connectivity index (χ0n) is 18.2. The fourth-order valence-corrected chi connectivity index (χ4v) is 6.05. The molecule has 164 valence electrons. The third-order valence-electron chi connectivity index (χ3n) is 6.09. The van der Waals surface area contributed by atoms with Crippen LogP contribution >= 0.6 is 0 Å². The highest BCUT2D eigenvalue weighted by Crippen LogP contribution is 2.29. The molecular weight excluding hydrogens is 414 g/mol. The van der Waals surface area contributed by atoms with E-state index in [2.05, 4.69) is 10.4 Å². The highest BCUT2D eigenvalue weighted by atomic mass is 32.2. The Hall–Kier alpha value is -2.91. The zero-order valence-corrected chi connectivity index (χ0v) is 19.0. The van der Waals surface area contributed by atoms with E-state index in [0.29, 0.717) is 18.0 Å². The molecule has 2 aromatic carbocycles. The molecule has 0 saturated carbocycles. The van der Waals surface area contributed by atoms with E-state index in [-0.39, 0.29) is 19.1 Å². The molecule has 4 rings (SSSR count). The van der Waals surface area contributed by atoms with Gasteiger partial charge in [-0.1, -0.05) is 18.2 Å². The van der Waals surface area contributed by atoms with Crippen molar-refractivity contribution in [2.75, 3.05) is 31.6 Å². The molecule has 1 N–H and O–H groups in total. The van der Waals surface area contributed by atoms with Crippen LogP contribution in [0.4, 0.5) is 4.79 Å². The molecule has 0 atom stereocenters. The molecule has 9 heteroatoms. The van der Waals surface area contributed by atoms with Gasteiger partial charge in [0.1, 0.15) is 6.33 Å². The summed E-state index contributed by atoms with van der Waals surface area (Å²) in [5.74, 6) is 0. The Labute approximate surface area is 182 Å². The molecule has 0 bridgehead atoms. The number of amides is 2. The summed E-state index contributed by atoms with van der Waals surface area (Å²) in [6, 6.07) is 9.26. The van der Waals surface area contributed by atoms with E-state index in [1.165, 1.54) is 4.31 Å². The van der Waals surface area contributed by atoms with Crippen LogP contribution in [-0.2, 0) is 10.0 Å². The Kier molecular flexibility index (Phi) is 5.49. The average Bonchev–Trinajstić information content (AvgIpc) is 3.15. The summed E-state index contributed by atoms with van der Waals surface area (Å²) in [5.41, 5.74) is 7.92. The predicted octanol–water partition coefficient (Wildman–Crippen LogP) is 2.94. The summed E-state index contributed by atoms with van der Waals surface area (Å²) in [4.78, 5) is 19.0. The third-order valence-corrected chi connectivity index (χ3v) is 8.26. The SMILES string of the molecule is Cc1cc(C)c(C)c(S(=O)(=O)N2CCN(C(=O)Nn3cnc4ccccc43)CC2)c1C. The van der Waals surface area contributed by atoms with Gasteiger partial charge in [0.15, 0.2) is 0 Å². The number of para-hydroxylation sites is 2. The summed E-state index contributed by atoms with van der Waals surface area (Å²) >= 11 is 0. The van der Waals surface area contributed by atoms with Gasteiger partial charge in [-0.3, -0.25) is 0 Å². The molecule has 1 aliphatic rings. The van der Waals surface area contributed by atoms with Crippen molar-refractivity contribution < 1.29 is 13.2 Å². The topological polar surface area (TPSA) is 87.5 Å². The van der Waals surface area contributed by atoms with Crippen LogP contribution in [0, 0.1) is 27.7 Å². The van der Waals surface area contributed by atoms with Gasteiger partial charge in [0, 0.05) is 26.2 Å². The summed E-state index contributed by atoms with van der Waals surface area (Å²) < 4.78 is 29.9. The van der Waals surface area contributed by atoms with Crippen molar-refractivity contribution in [2.45, 2.75) is 32.6 Å². The lowest BCUT2D eigenvalue weighted by atomic mass is 10.0. The Bertz CT molecular complexity index is 1230. The van der Waals surface area contributed by atoms with Crippen LogP contribution in [0.5, 0.6) is 0 Å². The van der Waals surface area contributed by atoms with Crippen LogP contribution in [0.25, 0.3) is 11.0 Å². The van der Waals surface area contributed by atoms with Crippen molar-refractivity contribution in [1.29, 1.82) is 0 Å². The lowest BCUT2D eigenvalue weighted by molar-refractivity contribution is 0.182. The fourth-order valence-electron chi connectivity index (χ4n) is 4.05. The summed E-state index contributed by atoms with van der Waals surface area (Å²) in [7, 11) is -3.64. The van der Waals surface area contributed by atoms with Crippen LogP contribution in [0.2, 0.25) is 0 Å². The maximum Gasteiger partial charge on any atom is 0.336 e. The first-order chi connectivity index (χ1) is 14.7. The molecule has 1 aliphatic heterocycles. The molecular formula is C22H27N5O3S. The minimum absolute atomic E-state index is 0.256. The molecule has 8 nitrogen and oxygen atoms in total. The quantitative estimate of drug-likeness (QED) is 0.677. The van der Waals surface area contributed by atoms with Crippen LogP contribution < -0.4 is 5.43 Å². The fraction of sp³-hybridized carbons (Fsp3) is 0.364. The molecule has 0 radical (unpaired) electrons. The number of aromatic nitrogens is 2. The Morgan fingerprint density at radius 1 is 0.968 bits per heavy atom. The number of urea groups is 1. The van der Waals surface area contributed by atoms with E-state index < -0.39 is 10.0 Å². The number of fused-ring (bicyclic) bond motifs is 1. The van der Waals surface area contributed by atoms with Crippen molar-refractivity contribution in [1.82, 2.24) is 18.9 Å². The number of sulfonamides is 1. The number of hydrogen-bond acceptors (Lipinski definition) is 4. The standard InChI is InChI=1S/C22H27N5O3S/c1-15-13-16(2)18(4)21(17(15)3)31(29,30)26-11-9-25(10-12-26)22(28)24-27-14-23-19-7-5-6-8-20(19)27/h5-8,13-14H,9-12H2,1-4H3,(H,24,28). The van der Waals surface area contributed by atoms with Gasteiger partial charge in [-0.05, 0) is 62.1 Å². The van der Waals surface area contributed by atoms with Gasteiger partial charge in [0.05, 0.1) is 15.9 Å². The van der Waals surface area contributed by atoms with Gasteiger partial charge < -0.3 is 4.90 Å². The van der Waals surface area contributed by atoms with E-state index in [1.807, 2.05) is 58.0 Å². The Balaban J connectivity index is 1.48. The second-order valence-electron chi connectivity index (χ2n) is 8.00. The van der Waals surface area contributed by atoms with Gasteiger partial charge >= 0.3 is 6.03 Å². The summed E-state index contributed by atoms with van der Waals surface area (Å²) in [6.07, 6.45) is 1.56. The van der Waals surface area contributed by atoms with Crippen LogP contribution in [0.15, 0.2) is 41.6 Å². The second kappa shape index (κ2) is 7.97. The Morgan fingerprint density at radius 2 is 1.58 bits per heavy atom. The van der Waals surface area contributed by atoms with Crippen LogP contribution in [0.3, 0.4) is 0 Å². The first-order valence-corrected chi connectivity index (χ1v) is 11.7. The predicted molar refractivity (Wildman–Crippen MR) is 120 cm³/mol. The molecule has 1 fully saturated rings. The lowest BCUT2D eigenvalue weighted by Gasteiger charge is -2.34. The van der Waals surface area contributed by atoms with E-state index in [9.17, 15) is 13.2 Å². The molecule has 1 saturated heterocycles. The highest BCUT2D eigenvalue weighted by Gasteiger charge is 2.33. The van der Waals surface area contributed by atoms with E-state index in [0.717, 1.165) is 33.3 Å². The van der Waals surface area contributed by atoms with E-state index >= 15 is 0 Å². The largest absolute Gasteiger partial charge is 0.336 e. The summed E-state index contributed by atoms with van der Waals surface area (Å²) in [5, 5.41) is 0. The second-order valence-corrected chi connectivity index (χ2v) is 9.88. The average molecular weight is 442 g/mol. The van der Waals surface area contributed by atoms with Gasteiger partial charge in [-0.25, -0.2) is 28.3 Å². The van der Waals surface area contributed by atoms with E-state index in [1.54, 1.807) is 15.9 Å². The van der Waals surface area contributed by atoms with Gasteiger partial charge in [0.25, 0.3) is 0 Å². The number of carbonyl (C=O) groups is 1. The molecule has 1 aromatic heterocycles. The number of aryl methyl sites for hydroxylation is 2. The van der Waals surface area contributed by atoms with Gasteiger partial charge in [-0.15, -0.1) is 0 Å². The number of hydrogen-bond donors (Lipinski definition) is 1. The third kappa shape index (κ3) is 3.79. The maximum atomic E-state index is 13.4. The van der Waals surface area contributed by atoms with Crippen molar-refractivity contribution in [3.05, 3.63) is 58.9 Å². The molecule has 2 amide bonds. The number of piperazine rings is 1. The smallest absolute Gasteiger partial charge is 0.321 e. The van der Waals surface area contributed by atoms with Crippen molar-refractivity contribution in [3.8, 4) is 0 Å². The first-order valence-electron chi connectivity index (χ1n) is 10.3. The molecule has 31 heavy (non-hydrogen) atoms. The van der Waals surface area contributed by atoms with Crippen molar-refractivity contribution in [3.63, 3.8) is 0 Å². The summed E-state index contributed by atoms with van der Waals surface area (Å²) in [6.45, 7) is 8.73. The normalized spacial score (nSPS) is 15.4. The molecule has 3 aromatic rings. The monoisotopic (exact) mass is 441 g/mol. The lowest BCUT2D eigenvalue weighted by Crippen LogP contribution is -2.52. The number of benzene rings is 2. The van der Waals surface area contributed by atoms with Crippen molar-refractivity contribution in [2.24, 2.45) is 0 Å². The Morgan fingerprint density at radius 3 is 2.23 bits per heavy atom. The molecule has 0 spiro atoms. The van der Waals surface area contributed by atoms with Gasteiger partial charge in [-0.2, -0.15) is 4.31 Å². The minimum atomic E-state index is -3.64. The van der Waals surface area contributed by atoms with Crippen LogP contribution in [0.1, 0.15) is 22.3 Å². The minimum Gasteiger partial charge on any atom is -0.321 e. The van der Waals surface area contributed by atoms with Crippen LogP contribution in [-0.4, -0.2) is 59.5 Å². The number of carbonyl (C=O) groups excluding carboxylic acids is 1. The molecule has 0 unspecified atom stereocenters. The molecule has 2 heterocycles. The van der Waals surface area contributed by atoms with Gasteiger partial charge in [0.2, 0.25) is 10.0 Å². The van der Waals surface area contributed by atoms with Crippen molar-refractivity contribution >= 4 is 27.1 Å². The first kappa shape index (κ1) is 21.3. The number of imidazole rings is 1. The van der Waals surface area contributed by atoms with E-state index in [4.69, 9.17) is 0 Å². The number of nitrogens with one attached hydrogen (secondary N) is 1. The maximum absolute atomic E-state index is 13.4. The number of rotatable bonds is 3.